The minimum Gasteiger partial charge on any atom is -0.382 e. The standard InChI is InChI=1S/C15H22BrN3O2/c1-11-8-13(12(16)9-14(11)19(20)21)17-10-15(18(2)3)6-4-5-7-15/h8-9,17H,4-7,10H2,1-3H3. The van der Waals surface area contributed by atoms with Crippen LogP contribution in [-0.2, 0) is 0 Å². The zero-order chi connectivity index (χ0) is 15.6. The van der Waals surface area contributed by atoms with Crippen molar-refractivity contribution in [3.05, 3.63) is 32.3 Å². The normalized spacial score (nSPS) is 17.2. The highest BCUT2D eigenvalue weighted by Crippen LogP contribution is 2.36. The fraction of sp³-hybridized carbons (Fsp3) is 0.600. The van der Waals surface area contributed by atoms with Gasteiger partial charge in [0.25, 0.3) is 5.69 Å². The Labute approximate surface area is 134 Å². The van der Waals surface area contributed by atoms with E-state index in [1.54, 1.807) is 13.0 Å². The lowest BCUT2D eigenvalue weighted by Gasteiger charge is -2.37. The van der Waals surface area contributed by atoms with Gasteiger partial charge in [0.2, 0.25) is 0 Å². The molecular formula is C15H22BrN3O2. The summed E-state index contributed by atoms with van der Waals surface area (Å²) < 4.78 is 0.742. The van der Waals surface area contributed by atoms with E-state index in [-0.39, 0.29) is 16.1 Å². The maximum Gasteiger partial charge on any atom is 0.273 e. The molecule has 0 aliphatic heterocycles. The van der Waals surface area contributed by atoms with Crippen LogP contribution in [0.1, 0.15) is 31.2 Å². The molecule has 1 N–H and O–H groups in total. The Morgan fingerprint density at radius 1 is 1.38 bits per heavy atom. The van der Waals surface area contributed by atoms with Crippen molar-refractivity contribution in [1.82, 2.24) is 4.90 Å². The van der Waals surface area contributed by atoms with Gasteiger partial charge in [-0.3, -0.25) is 10.1 Å². The monoisotopic (exact) mass is 355 g/mol. The van der Waals surface area contributed by atoms with Crippen LogP contribution in [0.15, 0.2) is 16.6 Å². The number of hydrogen-bond donors (Lipinski definition) is 1. The van der Waals surface area contributed by atoms with E-state index in [1.165, 1.54) is 25.7 Å². The van der Waals surface area contributed by atoms with Crippen molar-refractivity contribution in [1.29, 1.82) is 0 Å². The lowest BCUT2D eigenvalue weighted by Crippen LogP contribution is -2.47. The van der Waals surface area contributed by atoms with Gasteiger partial charge >= 0.3 is 0 Å². The van der Waals surface area contributed by atoms with E-state index in [1.807, 2.05) is 6.07 Å². The predicted molar refractivity (Wildman–Crippen MR) is 88.9 cm³/mol. The first-order chi connectivity index (χ1) is 9.85. The summed E-state index contributed by atoms with van der Waals surface area (Å²) in [4.78, 5) is 12.9. The third kappa shape index (κ3) is 3.37. The first-order valence-corrected chi connectivity index (χ1v) is 8.01. The molecule has 0 aromatic heterocycles. The van der Waals surface area contributed by atoms with E-state index >= 15 is 0 Å². The van der Waals surface area contributed by atoms with Crippen LogP contribution in [-0.4, -0.2) is 36.0 Å². The second kappa shape index (κ2) is 6.32. The Morgan fingerprint density at radius 3 is 2.52 bits per heavy atom. The molecule has 116 valence electrons. The Kier molecular flexibility index (Phi) is 4.88. The second-order valence-corrected chi connectivity index (χ2v) is 6.91. The number of nitro groups is 1. The molecule has 1 saturated carbocycles. The van der Waals surface area contributed by atoms with Crippen LogP contribution >= 0.6 is 15.9 Å². The summed E-state index contributed by atoms with van der Waals surface area (Å²) >= 11 is 3.43. The molecule has 2 rings (SSSR count). The average Bonchev–Trinajstić information content (AvgIpc) is 2.89. The van der Waals surface area contributed by atoms with Gasteiger partial charge in [-0.05, 0) is 55.9 Å². The highest BCUT2D eigenvalue weighted by molar-refractivity contribution is 9.10. The maximum atomic E-state index is 11.0. The molecule has 0 unspecified atom stereocenters. The summed E-state index contributed by atoms with van der Waals surface area (Å²) in [6, 6.07) is 3.43. The molecule has 1 aromatic carbocycles. The van der Waals surface area contributed by atoms with Crippen molar-refractivity contribution in [3.63, 3.8) is 0 Å². The van der Waals surface area contributed by atoms with Crippen LogP contribution in [0.2, 0.25) is 0 Å². The topological polar surface area (TPSA) is 58.4 Å². The van der Waals surface area contributed by atoms with Crippen LogP contribution in [0.5, 0.6) is 0 Å². The lowest BCUT2D eigenvalue weighted by molar-refractivity contribution is -0.385. The maximum absolute atomic E-state index is 11.0. The summed E-state index contributed by atoms with van der Waals surface area (Å²) in [5.41, 5.74) is 1.94. The summed E-state index contributed by atoms with van der Waals surface area (Å²) in [5, 5.41) is 14.4. The molecule has 0 amide bonds. The van der Waals surface area contributed by atoms with Gasteiger partial charge in [0.1, 0.15) is 0 Å². The minimum atomic E-state index is -0.345. The molecule has 0 spiro atoms. The molecule has 0 saturated heterocycles. The molecule has 1 aliphatic rings. The van der Waals surface area contributed by atoms with E-state index < -0.39 is 0 Å². The van der Waals surface area contributed by atoms with Gasteiger partial charge in [0.05, 0.1) is 4.92 Å². The van der Waals surface area contributed by atoms with Crippen molar-refractivity contribution >= 4 is 27.3 Å². The van der Waals surface area contributed by atoms with Crippen molar-refractivity contribution < 1.29 is 4.92 Å². The number of rotatable bonds is 5. The molecule has 6 heteroatoms. The summed E-state index contributed by atoms with van der Waals surface area (Å²) in [6.07, 6.45) is 4.91. The molecule has 1 aliphatic carbocycles. The number of benzene rings is 1. The fourth-order valence-corrected chi connectivity index (χ4v) is 3.55. The number of nitrogens with one attached hydrogen (secondary N) is 1. The van der Waals surface area contributed by atoms with Crippen LogP contribution < -0.4 is 5.32 Å². The summed E-state index contributed by atoms with van der Waals surface area (Å²) in [7, 11) is 4.26. The van der Waals surface area contributed by atoms with Gasteiger partial charge in [-0.1, -0.05) is 12.8 Å². The molecule has 21 heavy (non-hydrogen) atoms. The Morgan fingerprint density at radius 2 is 2.00 bits per heavy atom. The van der Waals surface area contributed by atoms with Crippen molar-refractivity contribution in [3.8, 4) is 0 Å². The number of nitrogens with zero attached hydrogens (tertiary/aromatic N) is 2. The number of nitro benzene ring substituents is 1. The fourth-order valence-electron chi connectivity index (χ4n) is 3.08. The quantitative estimate of drug-likeness (QED) is 0.641. The van der Waals surface area contributed by atoms with E-state index in [2.05, 4.69) is 40.2 Å². The molecule has 5 nitrogen and oxygen atoms in total. The smallest absolute Gasteiger partial charge is 0.273 e. The molecule has 1 fully saturated rings. The van der Waals surface area contributed by atoms with Crippen LogP contribution in [0.25, 0.3) is 0 Å². The third-order valence-corrected chi connectivity index (χ3v) is 5.23. The Bertz CT molecular complexity index is 540. The number of anilines is 1. The highest BCUT2D eigenvalue weighted by atomic mass is 79.9. The zero-order valence-corrected chi connectivity index (χ0v) is 14.4. The van der Waals surface area contributed by atoms with Gasteiger partial charge in [-0.25, -0.2) is 0 Å². The molecule has 1 aromatic rings. The molecule has 0 heterocycles. The Balaban J connectivity index is 2.17. The first kappa shape index (κ1) is 16.2. The highest BCUT2D eigenvalue weighted by Gasteiger charge is 2.35. The van der Waals surface area contributed by atoms with Crippen LogP contribution in [0.3, 0.4) is 0 Å². The summed E-state index contributed by atoms with van der Waals surface area (Å²) in [6.45, 7) is 2.63. The van der Waals surface area contributed by atoms with Crippen LogP contribution in [0.4, 0.5) is 11.4 Å². The third-order valence-electron chi connectivity index (χ3n) is 4.57. The zero-order valence-electron chi connectivity index (χ0n) is 12.8. The van der Waals surface area contributed by atoms with Gasteiger partial charge in [0.15, 0.2) is 0 Å². The van der Waals surface area contributed by atoms with Crippen molar-refractivity contribution in [2.45, 2.75) is 38.1 Å². The molecular weight excluding hydrogens is 334 g/mol. The van der Waals surface area contributed by atoms with Gasteiger partial charge in [0, 0.05) is 33.9 Å². The van der Waals surface area contributed by atoms with E-state index in [0.29, 0.717) is 5.56 Å². The molecule has 0 atom stereocenters. The number of halogens is 1. The van der Waals surface area contributed by atoms with Gasteiger partial charge < -0.3 is 10.2 Å². The predicted octanol–water partition coefficient (Wildman–Crippen LogP) is 3.95. The second-order valence-electron chi connectivity index (χ2n) is 6.06. The SMILES string of the molecule is Cc1cc(NCC2(N(C)C)CCCC2)c(Br)cc1[N+](=O)[O-]. The number of aryl methyl sites for hydroxylation is 1. The first-order valence-electron chi connectivity index (χ1n) is 7.21. The number of likely N-dealkylation sites (N-methyl/N-ethyl adjacent to an activating group) is 1. The van der Waals surface area contributed by atoms with Crippen LogP contribution in [0, 0.1) is 17.0 Å². The molecule has 0 bridgehead atoms. The van der Waals surface area contributed by atoms with E-state index in [0.717, 1.165) is 16.7 Å². The average molecular weight is 356 g/mol. The minimum absolute atomic E-state index is 0.149. The molecule has 0 radical (unpaired) electrons. The van der Waals surface area contributed by atoms with E-state index in [9.17, 15) is 10.1 Å². The van der Waals surface area contributed by atoms with Crippen molar-refractivity contribution in [2.75, 3.05) is 26.0 Å². The largest absolute Gasteiger partial charge is 0.382 e. The summed E-state index contributed by atoms with van der Waals surface area (Å²) in [5.74, 6) is 0. The van der Waals surface area contributed by atoms with E-state index in [4.69, 9.17) is 0 Å². The van der Waals surface area contributed by atoms with Gasteiger partial charge in [-0.15, -0.1) is 0 Å². The van der Waals surface area contributed by atoms with Crippen molar-refractivity contribution in [2.24, 2.45) is 0 Å². The Hall–Kier alpha value is -1.14. The van der Waals surface area contributed by atoms with Gasteiger partial charge in [-0.2, -0.15) is 0 Å². The lowest BCUT2D eigenvalue weighted by atomic mass is 9.96. The number of hydrogen-bond acceptors (Lipinski definition) is 4.